The maximum Gasteiger partial charge on any atom is 0.147 e. The lowest BCUT2D eigenvalue weighted by molar-refractivity contribution is 0.195. The van der Waals surface area contributed by atoms with Gasteiger partial charge in [-0.15, -0.1) is 0 Å². The van der Waals surface area contributed by atoms with Crippen molar-refractivity contribution in [3.63, 3.8) is 0 Å². The minimum atomic E-state index is -0.875. The van der Waals surface area contributed by atoms with Gasteiger partial charge < -0.3 is 9.84 Å². The van der Waals surface area contributed by atoms with E-state index in [-0.39, 0.29) is 0 Å². The van der Waals surface area contributed by atoms with Crippen LogP contribution in [0.2, 0.25) is 10.0 Å². The van der Waals surface area contributed by atoms with Gasteiger partial charge in [0.15, 0.2) is 0 Å². The molecule has 0 unspecified atom stereocenters. The SMILES string of the molecule is Cc1cc(Oc2cc(Cl)c(Br)cc2Cl)c([C@H](C)O)cc1F. The lowest BCUT2D eigenvalue weighted by Crippen LogP contribution is -1.99. The summed E-state index contributed by atoms with van der Waals surface area (Å²) in [7, 11) is 0. The van der Waals surface area contributed by atoms with E-state index in [0.717, 1.165) is 0 Å². The standard InChI is InChI=1S/C15H12BrCl2FO2/c1-7-3-14(9(8(2)20)4-13(7)19)21-15-6-11(17)10(16)5-12(15)18/h3-6,8,20H,1-2H3/t8-/m0/s1. The molecule has 1 atom stereocenters. The van der Waals surface area contributed by atoms with Crippen molar-refractivity contribution < 1.29 is 14.2 Å². The molecule has 1 N–H and O–H groups in total. The highest BCUT2D eigenvalue weighted by atomic mass is 79.9. The average molecular weight is 394 g/mol. The summed E-state index contributed by atoms with van der Waals surface area (Å²) < 4.78 is 20.0. The van der Waals surface area contributed by atoms with E-state index in [9.17, 15) is 9.50 Å². The molecule has 0 amide bonds. The van der Waals surface area contributed by atoms with Gasteiger partial charge in [0.1, 0.15) is 17.3 Å². The molecule has 0 bridgehead atoms. The highest BCUT2D eigenvalue weighted by Gasteiger charge is 2.16. The van der Waals surface area contributed by atoms with Gasteiger partial charge in [0, 0.05) is 16.1 Å². The minimum absolute atomic E-state index is 0.331. The van der Waals surface area contributed by atoms with Gasteiger partial charge in [-0.25, -0.2) is 4.39 Å². The molecule has 0 spiro atoms. The van der Waals surface area contributed by atoms with Crippen LogP contribution in [0.1, 0.15) is 24.2 Å². The largest absolute Gasteiger partial charge is 0.455 e. The molecular weight excluding hydrogens is 382 g/mol. The number of hydrogen-bond donors (Lipinski definition) is 1. The molecule has 2 rings (SSSR count). The van der Waals surface area contributed by atoms with Crippen LogP contribution in [-0.4, -0.2) is 5.11 Å². The predicted octanol–water partition coefficient (Wildman–Crippen LogP) is 6.05. The normalized spacial score (nSPS) is 12.3. The molecule has 0 aliphatic rings. The maximum atomic E-state index is 13.6. The van der Waals surface area contributed by atoms with Gasteiger partial charge in [0.05, 0.1) is 16.1 Å². The zero-order valence-electron chi connectivity index (χ0n) is 11.3. The van der Waals surface area contributed by atoms with E-state index in [2.05, 4.69) is 15.9 Å². The van der Waals surface area contributed by atoms with Crippen molar-refractivity contribution in [3.05, 3.63) is 55.7 Å². The fourth-order valence-electron chi connectivity index (χ4n) is 1.79. The third kappa shape index (κ3) is 3.69. The third-order valence-corrected chi connectivity index (χ3v) is 4.43. The highest BCUT2D eigenvalue weighted by Crippen LogP contribution is 2.39. The number of aliphatic hydroxyl groups excluding tert-OH is 1. The molecule has 0 aliphatic heterocycles. The number of benzene rings is 2. The Hall–Kier alpha value is -0.810. The lowest BCUT2D eigenvalue weighted by Gasteiger charge is -2.16. The number of ether oxygens (including phenoxy) is 1. The summed E-state index contributed by atoms with van der Waals surface area (Å²) in [6, 6.07) is 5.93. The second kappa shape index (κ2) is 6.53. The van der Waals surface area contributed by atoms with Crippen molar-refractivity contribution in [3.8, 4) is 11.5 Å². The molecule has 0 fully saturated rings. The van der Waals surface area contributed by atoms with E-state index in [0.29, 0.717) is 37.1 Å². The van der Waals surface area contributed by atoms with Gasteiger partial charge >= 0.3 is 0 Å². The molecule has 21 heavy (non-hydrogen) atoms. The Morgan fingerprint density at radius 3 is 2.43 bits per heavy atom. The van der Waals surface area contributed by atoms with Gasteiger partial charge in [-0.3, -0.25) is 0 Å². The van der Waals surface area contributed by atoms with Crippen molar-refractivity contribution >= 4 is 39.1 Å². The molecule has 0 saturated heterocycles. The molecule has 0 aromatic heterocycles. The van der Waals surface area contributed by atoms with Crippen molar-refractivity contribution in [2.24, 2.45) is 0 Å². The van der Waals surface area contributed by atoms with Crippen LogP contribution in [0.4, 0.5) is 4.39 Å². The van der Waals surface area contributed by atoms with Crippen LogP contribution in [0.15, 0.2) is 28.7 Å². The Bertz CT molecular complexity index is 690. The Kier molecular flexibility index (Phi) is 5.15. The summed E-state index contributed by atoms with van der Waals surface area (Å²) in [4.78, 5) is 0. The van der Waals surface area contributed by atoms with Crippen LogP contribution in [0.25, 0.3) is 0 Å². The number of rotatable bonds is 3. The molecule has 2 nitrogen and oxygen atoms in total. The lowest BCUT2D eigenvalue weighted by atomic mass is 10.1. The second-order valence-corrected chi connectivity index (χ2v) is 6.28. The molecule has 112 valence electrons. The quantitative estimate of drug-likeness (QED) is 0.643. The van der Waals surface area contributed by atoms with E-state index < -0.39 is 11.9 Å². The first-order chi connectivity index (χ1) is 9.79. The van der Waals surface area contributed by atoms with Gasteiger partial charge in [-0.2, -0.15) is 0 Å². The molecule has 6 heteroatoms. The van der Waals surface area contributed by atoms with E-state index in [1.54, 1.807) is 19.1 Å². The van der Waals surface area contributed by atoms with Crippen LogP contribution in [0.5, 0.6) is 11.5 Å². The predicted molar refractivity (Wildman–Crippen MR) is 86.0 cm³/mol. The van der Waals surface area contributed by atoms with E-state index in [4.69, 9.17) is 27.9 Å². The van der Waals surface area contributed by atoms with Crippen molar-refractivity contribution in [1.29, 1.82) is 0 Å². The number of aryl methyl sites for hydroxylation is 1. The van der Waals surface area contributed by atoms with Crippen LogP contribution in [-0.2, 0) is 0 Å². The first kappa shape index (κ1) is 16.6. The fourth-order valence-corrected chi connectivity index (χ4v) is 2.62. The summed E-state index contributed by atoms with van der Waals surface area (Å²) >= 11 is 15.4. The fraction of sp³-hybridized carbons (Fsp3) is 0.200. The monoisotopic (exact) mass is 392 g/mol. The Morgan fingerprint density at radius 2 is 1.81 bits per heavy atom. The van der Waals surface area contributed by atoms with Crippen LogP contribution in [0.3, 0.4) is 0 Å². The Morgan fingerprint density at radius 1 is 1.14 bits per heavy atom. The molecule has 2 aromatic carbocycles. The van der Waals surface area contributed by atoms with E-state index in [1.807, 2.05) is 0 Å². The van der Waals surface area contributed by atoms with Gasteiger partial charge in [-0.05, 0) is 53.5 Å². The first-order valence-electron chi connectivity index (χ1n) is 6.10. The van der Waals surface area contributed by atoms with Gasteiger partial charge in [0.25, 0.3) is 0 Å². The topological polar surface area (TPSA) is 29.5 Å². The number of halogens is 4. The second-order valence-electron chi connectivity index (χ2n) is 4.61. The number of hydrogen-bond acceptors (Lipinski definition) is 2. The zero-order chi connectivity index (χ0) is 15.7. The van der Waals surface area contributed by atoms with Crippen LogP contribution < -0.4 is 4.74 Å². The van der Waals surface area contributed by atoms with Crippen molar-refractivity contribution in [2.45, 2.75) is 20.0 Å². The summed E-state index contributed by atoms with van der Waals surface area (Å²) in [6.07, 6.45) is -0.875. The molecule has 0 saturated carbocycles. The molecule has 0 aliphatic carbocycles. The highest BCUT2D eigenvalue weighted by molar-refractivity contribution is 9.10. The summed E-state index contributed by atoms with van der Waals surface area (Å²) in [5.74, 6) is 0.264. The van der Waals surface area contributed by atoms with Crippen molar-refractivity contribution in [2.75, 3.05) is 0 Å². The summed E-state index contributed by atoms with van der Waals surface area (Å²) in [6.45, 7) is 3.15. The van der Waals surface area contributed by atoms with Crippen LogP contribution in [0, 0.1) is 12.7 Å². The average Bonchev–Trinajstić information content (AvgIpc) is 2.39. The van der Waals surface area contributed by atoms with E-state index in [1.165, 1.54) is 19.1 Å². The van der Waals surface area contributed by atoms with Gasteiger partial charge in [0.2, 0.25) is 0 Å². The zero-order valence-corrected chi connectivity index (χ0v) is 14.4. The summed E-state index contributed by atoms with van der Waals surface area (Å²) in [5, 5.41) is 10.5. The number of aliphatic hydroxyl groups is 1. The molecule has 2 aromatic rings. The minimum Gasteiger partial charge on any atom is -0.455 e. The molecule has 0 heterocycles. The van der Waals surface area contributed by atoms with Crippen molar-refractivity contribution in [1.82, 2.24) is 0 Å². The third-order valence-electron chi connectivity index (χ3n) is 2.94. The van der Waals surface area contributed by atoms with Gasteiger partial charge in [-0.1, -0.05) is 23.2 Å². The first-order valence-corrected chi connectivity index (χ1v) is 7.65. The molecular formula is C15H12BrCl2FO2. The molecule has 0 radical (unpaired) electrons. The Labute approximate surface area is 140 Å². The van der Waals surface area contributed by atoms with E-state index >= 15 is 0 Å². The maximum absolute atomic E-state index is 13.6. The van der Waals surface area contributed by atoms with Crippen LogP contribution >= 0.6 is 39.1 Å². The Balaban J connectivity index is 2.48. The summed E-state index contributed by atoms with van der Waals surface area (Å²) in [5.41, 5.74) is 0.752. The smallest absolute Gasteiger partial charge is 0.147 e.